The summed E-state index contributed by atoms with van der Waals surface area (Å²) in [6, 6.07) is 6.99. The number of hydrogen-bond donors (Lipinski definition) is 3. The molecule has 1 aliphatic rings. The van der Waals surface area contributed by atoms with Crippen LogP contribution in [0.3, 0.4) is 0 Å². The number of benzene rings is 1. The molecule has 0 unspecified atom stereocenters. The van der Waals surface area contributed by atoms with Gasteiger partial charge in [-0.25, -0.2) is 0 Å². The quantitative estimate of drug-likeness (QED) is 0.327. The fraction of sp³-hybridized carbons (Fsp3) is 0.385. The topological polar surface area (TPSA) is 87.7 Å². The van der Waals surface area contributed by atoms with Crippen molar-refractivity contribution in [3.05, 3.63) is 35.4 Å². The number of carbonyl (C=O) groups is 1. The first-order chi connectivity index (χ1) is 8.70. The van der Waals surface area contributed by atoms with E-state index in [9.17, 15) is 4.79 Å². The summed E-state index contributed by atoms with van der Waals surface area (Å²) in [6.07, 6.45) is 4.50. The van der Waals surface area contributed by atoms with E-state index in [1.165, 1.54) is 12.8 Å². The van der Waals surface area contributed by atoms with Gasteiger partial charge in [0.1, 0.15) is 0 Å². The summed E-state index contributed by atoms with van der Waals surface area (Å²) in [6.45, 7) is 0. The molecule has 0 aliphatic heterocycles. The van der Waals surface area contributed by atoms with Gasteiger partial charge in [-0.1, -0.05) is 30.1 Å². The lowest BCUT2D eigenvalue weighted by molar-refractivity contribution is 0.0938. The standard InChI is InChI=1S/C13H17N3O2/c14-12(16-18)9-5-7-10(8-6-9)13(17)15-11-3-1-2-4-11/h5-8,11,18H,1-4H2,(H2,14,16)(H,15,17). The normalized spacial score (nSPS) is 16.8. The largest absolute Gasteiger partial charge is 0.409 e. The minimum Gasteiger partial charge on any atom is -0.409 e. The summed E-state index contributed by atoms with van der Waals surface area (Å²) >= 11 is 0. The highest BCUT2D eigenvalue weighted by atomic mass is 16.4. The zero-order valence-corrected chi connectivity index (χ0v) is 10.1. The molecule has 0 saturated heterocycles. The summed E-state index contributed by atoms with van der Waals surface area (Å²) in [4.78, 5) is 11.9. The molecule has 1 amide bonds. The van der Waals surface area contributed by atoms with Crippen molar-refractivity contribution in [2.75, 3.05) is 0 Å². The van der Waals surface area contributed by atoms with Gasteiger partial charge < -0.3 is 16.3 Å². The molecule has 5 nitrogen and oxygen atoms in total. The molecule has 1 aliphatic carbocycles. The molecule has 0 heterocycles. The number of nitrogens with zero attached hydrogens (tertiary/aromatic N) is 1. The Morgan fingerprint density at radius 2 is 1.78 bits per heavy atom. The van der Waals surface area contributed by atoms with Gasteiger partial charge in [0.05, 0.1) is 0 Å². The van der Waals surface area contributed by atoms with Gasteiger partial charge in [-0.3, -0.25) is 4.79 Å². The van der Waals surface area contributed by atoms with E-state index in [1.54, 1.807) is 24.3 Å². The van der Waals surface area contributed by atoms with Crippen LogP contribution in [0.15, 0.2) is 29.4 Å². The van der Waals surface area contributed by atoms with Crippen molar-refractivity contribution in [1.29, 1.82) is 0 Å². The number of amides is 1. The van der Waals surface area contributed by atoms with Crippen molar-refractivity contribution >= 4 is 11.7 Å². The van der Waals surface area contributed by atoms with E-state index in [-0.39, 0.29) is 11.7 Å². The van der Waals surface area contributed by atoms with Crippen molar-refractivity contribution < 1.29 is 10.0 Å². The Kier molecular flexibility index (Phi) is 3.82. The monoisotopic (exact) mass is 247 g/mol. The lowest BCUT2D eigenvalue weighted by Gasteiger charge is -2.11. The fourth-order valence-corrected chi connectivity index (χ4v) is 2.19. The van der Waals surface area contributed by atoms with Crippen LogP contribution in [0.5, 0.6) is 0 Å². The molecule has 0 spiro atoms. The second-order valence-corrected chi connectivity index (χ2v) is 4.52. The lowest BCUT2D eigenvalue weighted by atomic mass is 10.1. The van der Waals surface area contributed by atoms with Crippen LogP contribution in [-0.4, -0.2) is 23.0 Å². The second kappa shape index (κ2) is 5.53. The number of nitrogens with one attached hydrogen (secondary N) is 1. The third-order valence-corrected chi connectivity index (χ3v) is 3.24. The Morgan fingerprint density at radius 1 is 1.22 bits per heavy atom. The molecule has 0 atom stereocenters. The van der Waals surface area contributed by atoms with Crippen molar-refractivity contribution in [3.8, 4) is 0 Å². The first-order valence-corrected chi connectivity index (χ1v) is 6.09. The number of hydrogen-bond acceptors (Lipinski definition) is 3. The van der Waals surface area contributed by atoms with E-state index in [0.29, 0.717) is 17.2 Å². The smallest absolute Gasteiger partial charge is 0.251 e. The van der Waals surface area contributed by atoms with Gasteiger partial charge in [0, 0.05) is 17.2 Å². The van der Waals surface area contributed by atoms with E-state index in [1.807, 2.05) is 0 Å². The summed E-state index contributed by atoms with van der Waals surface area (Å²) in [5.74, 6) is -0.0225. The number of carbonyl (C=O) groups excluding carboxylic acids is 1. The molecular formula is C13H17N3O2. The van der Waals surface area contributed by atoms with Crippen molar-refractivity contribution in [2.24, 2.45) is 10.9 Å². The maximum absolute atomic E-state index is 11.9. The molecule has 1 aromatic rings. The van der Waals surface area contributed by atoms with Crippen LogP contribution < -0.4 is 11.1 Å². The Balaban J connectivity index is 2.02. The molecule has 4 N–H and O–H groups in total. The Hall–Kier alpha value is -2.04. The third kappa shape index (κ3) is 2.80. The Labute approximate surface area is 106 Å². The van der Waals surface area contributed by atoms with Gasteiger partial charge in [-0.05, 0) is 25.0 Å². The third-order valence-electron chi connectivity index (χ3n) is 3.24. The molecule has 18 heavy (non-hydrogen) atoms. The van der Waals surface area contributed by atoms with Gasteiger partial charge in [0.2, 0.25) is 0 Å². The first-order valence-electron chi connectivity index (χ1n) is 6.09. The summed E-state index contributed by atoms with van der Waals surface area (Å²) in [5.41, 5.74) is 6.64. The maximum atomic E-state index is 11.9. The minimum absolute atomic E-state index is 0.0396. The zero-order valence-electron chi connectivity index (χ0n) is 10.1. The lowest BCUT2D eigenvalue weighted by Crippen LogP contribution is -2.32. The number of oxime groups is 1. The van der Waals surface area contributed by atoms with Crippen LogP contribution in [-0.2, 0) is 0 Å². The van der Waals surface area contributed by atoms with Gasteiger partial charge in [-0.15, -0.1) is 0 Å². The predicted molar refractivity (Wildman–Crippen MR) is 68.7 cm³/mol. The van der Waals surface area contributed by atoms with Crippen LogP contribution in [0.1, 0.15) is 41.6 Å². The molecule has 96 valence electrons. The van der Waals surface area contributed by atoms with E-state index in [4.69, 9.17) is 10.9 Å². The van der Waals surface area contributed by atoms with Crippen molar-refractivity contribution in [1.82, 2.24) is 5.32 Å². The molecule has 0 aromatic heterocycles. The summed E-state index contributed by atoms with van der Waals surface area (Å²) in [5, 5.41) is 14.5. The SMILES string of the molecule is N/C(=N\O)c1ccc(C(=O)NC2CCCC2)cc1. The molecule has 1 saturated carbocycles. The summed E-state index contributed by atoms with van der Waals surface area (Å²) in [7, 11) is 0. The molecule has 0 radical (unpaired) electrons. The average molecular weight is 247 g/mol. The Bertz CT molecular complexity index is 448. The van der Waals surface area contributed by atoms with Crippen LogP contribution in [0.4, 0.5) is 0 Å². The number of rotatable bonds is 3. The van der Waals surface area contributed by atoms with E-state index >= 15 is 0 Å². The zero-order chi connectivity index (χ0) is 13.0. The van der Waals surface area contributed by atoms with Gasteiger partial charge in [0.25, 0.3) is 5.91 Å². The molecule has 2 rings (SSSR count). The molecular weight excluding hydrogens is 230 g/mol. The van der Waals surface area contributed by atoms with Crippen LogP contribution in [0.2, 0.25) is 0 Å². The maximum Gasteiger partial charge on any atom is 0.251 e. The fourth-order valence-electron chi connectivity index (χ4n) is 2.19. The summed E-state index contributed by atoms with van der Waals surface area (Å²) < 4.78 is 0. The number of amidine groups is 1. The predicted octanol–water partition coefficient (Wildman–Crippen LogP) is 1.45. The molecule has 1 fully saturated rings. The van der Waals surface area contributed by atoms with E-state index in [2.05, 4.69) is 10.5 Å². The highest BCUT2D eigenvalue weighted by molar-refractivity contribution is 5.99. The van der Waals surface area contributed by atoms with Crippen LogP contribution in [0.25, 0.3) is 0 Å². The highest BCUT2D eigenvalue weighted by Gasteiger charge is 2.17. The van der Waals surface area contributed by atoms with Crippen molar-refractivity contribution in [3.63, 3.8) is 0 Å². The molecule has 0 bridgehead atoms. The second-order valence-electron chi connectivity index (χ2n) is 4.52. The van der Waals surface area contributed by atoms with Gasteiger partial charge in [0.15, 0.2) is 5.84 Å². The van der Waals surface area contributed by atoms with E-state index in [0.717, 1.165) is 12.8 Å². The van der Waals surface area contributed by atoms with Gasteiger partial charge in [-0.2, -0.15) is 0 Å². The minimum atomic E-state index is -0.0621. The van der Waals surface area contributed by atoms with E-state index < -0.39 is 0 Å². The van der Waals surface area contributed by atoms with Crippen LogP contribution in [0, 0.1) is 0 Å². The highest BCUT2D eigenvalue weighted by Crippen LogP contribution is 2.18. The van der Waals surface area contributed by atoms with Crippen LogP contribution >= 0.6 is 0 Å². The first kappa shape index (κ1) is 12.4. The Morgan fingerprint density at radius 3 is 2.33 bits per heavy atom. The average Bonchev–Trinajstić information content (AvgIpc) is 2.91. The van der Waals surface area contributed by atoms with Crippen molar-refractivity contribution in [2.45, 2.75) is 31.7 Å². The number of nitrogens with two attached hydrogens (primary N) is 1. The van der Waals surface area contributed by atoms with Gasteiger partial charge >= 0.3 is 0 Å². The molecule has 5 heteroatoms. The molecule has 1 aromatic carbocycles.